The van der Waals surface area contributed by atoms with Gasteiger partial charge < -0.3 is 19.5 Å². The van der Waals surface area contributed by atoms with Crippen LogP contribution in [-0.4, -0.2) is 66.4 Å². The number of nitrogens with zero attached hydrogens (tertiary/aromatic N) is 1. The van der Waals surface area contributed by atoms with Crippen LogP contribution < -0.4 is 5.32 Å². The molecule has 2 aromatic rings. The molecular weight excluding hydrogens is 446 g/mol. The first-order valence-corrected chi connectivity index (χ1v) is 11.1. The van der Waals surface area contributed by atoms with E-state index in [2.05, 4.69) is 5.32 Å². The number of likely N-dealkylation sites (N-methyl/N-ethyl adjacent to an activating group) is 1. The van der Waals surface area contributed by atoms with Crippen molar-refractivity contribution in [3.63, 3.8) is 0 Å². The highest BCUT2D eigenvalue weighted by molar-refractivity contribution is 5.89. The number of halogens is 2. The van der Waals surface area contributed by atoms with E-state index in [4.69, 9.17) is 14.2 Å². The van der Waals surface area contributed by atoms with Gasteiger partial charge in [-0.1, -0.05) is 48.5 Å². The van der Waals surface area contributed by atoms with Crippen molar-refractivity contribution in [1.82, 2.24) is 10.2 Å². The minimum atomic E-state index is -2.93. The van der Waals surface area contributed by atoms with E-state index in [0.29, 0.717) is 0 Å². The van der Waals surface area contributed by atoms with Crippen LogP contribution in [-0.2, 0) is 25.5 Å². The van der Waals surface area contributed by atoms with Gasteiger partial charge in [-0.15, -0.1) is 0 Å². The predicted octanol–water partition coefficient (Wildman–Crippen LogP) is 3.00. The van der Waals surface area contributed by atoms with Crippen molar-refractivity contribution in [2.75, 3.05) is 7.05 Å². The molecule has 2 heterocycles. The van der Waals surface area contributed by atoms with E-state index in [1.165, 1.54) is 11.9 Å². The Kier molecular flexibility index (Phi) is 6.97. The maximum atomic E-state index is 14.7. The number of nitrogens with one attached hydrogen (secondary N) is 1. The third-order valence-electron chi connectivity index (χ3n) is 6.11. The van der Waals surface area contributed by atoms with Gasteiger partial charge in [0.25, 0.3) is 6.43 Å². The number of esters is 1. The number of alkyl halides is 2. The maximum Gasteiger partial charge on any atom is 0.338 e. The van der Waals surface area contributed by atoms with Crippen molar-refractivity contribution >= 4 is 11.9 Å². The number of benzene rings is 2. The minimum absolute atomic E-state index is 0.0281. The van der Waals surface area contributed by atoms with Crippen molar-refractivity contribution in [2.24, 2.45) is 0 Å². The number of hydrogen-bond donors (Lipinski definition) is 1. The Labute approximate surface area is 197 Å². The molecule has 2 fully saturated rings. The number of likely N-dealkylation sites (tertiary alicyclic amines) is 1. The summed E-state index contributed by atoms with van der Waals surface area (Å²) in [6.45, 7) is 3.31. The molecule has 2 aliphatic rings. The highest BCUT2D eigenvalue weighted by Gasteiger charge is 2.62. The third kappa shape index (κ3) is 4.82. The second kappa shape index (κ2) is 9.77. The lowest BCUT2D eigenvalue weighted by atomic mass is 9.86. The molecule has 0 aliphatic carbocycles. The van der Waals surface area contributed by atoms with Crippen LogP contribution in [0.15, 0.2) is 60.7 Å². The molecule has 9 heteroatoms. The van der Waals surface area contributed by atoms with Gasteiger partial charge in [-0.25, -0.2) is 13.6 Å². The number of carbonyl (C=O) groups is 2. The fourth-order valence-electron chi connectivity index (χ4n) is 4.71. The Balaban J connectivity index is 1.77. The predicted molar refractivity (Wildman–Crippen MR) is 119 cm³/mol. The summed E-state index contributed by atoms with van der Waals surface area (Å²) in [4.78, 5) is 27.3. The molecule has 0 bridgehead atoms. The largest absolute Gasteiger partial charge is 0.454 e. The Morgan fingerprint density at radius 3 is 2.21 bits per heavy atom. The van der Waals surface area contributed by atoms with Gasteiger partial charge in [0.1, 0.15) is 24.3 Å². The zero-order valence-electron chi connectivity index (χ0n) is 19.2. The van der Waals surface area contributed by atoms with Crippen LogP contribution >= 0.6 is 0 Å². The van der Waals surface area contributed by atoms with E-state index in [0.717, 1.165) is 5.56 Å². The van der Waals surface area contributed by atoms with Crippen molar-refractivity contribution in [2.45, 2.75) is 63.0 Å². The number of amides is 1. The average molecular weight is 475 g/mol. The smallest absolute Gasteiger partial charge is 0.338 e. The lowest BCUT2D eigenvalue weighted by Gasteiger charge is -2.48. The summed E-state index contributed by atoms with van der Waals surface area (Å²) in [5.74, 6) is -2.39. The maximum absolute atomic E-state index is 14.7. The molecule has 5 atom stereocenters. The lowest BCUT2D eigenvalue weighted by molar-refractivity contribution is -0.171. The van der Waals surface area contributed by atoms with Crippen LogP contribution in [0.5, 0.6) is 0 Å². The molecule has 2 aromatic carbocycles. The van der Waals surface area contributed by atoms with Crippen molar-refractivity contribution in [1.29, 1.82) is 0 Å². The van der Waals surface area contributed by atoms with E-state index < -0.39 is 54.5 Å². The van der Waals surface area contributed by atoms with Crippen LogP contribution in [0, 0.1) is 0 Å². The fraction of sp³-hybridized carbons (Fsp3) is 0.440. The lowest BCUT2D eigenvalue weighted by Crippen LogP contribution is -2.70. The highest BCUT2D eigenvalue weighted by Crippen LogP contribution is 2.42. The van der Waals surface area contributed by atoms with E-state index in [-0.39, 0.29) is 12.1 Å². The molecule has 2 saturated heterocycles. The van der Waals surface area contributed by atoms with Crippen molar-refractivity contribution in [3.8, 4) is 0 Å². The van der Waals surface area contributed by atoms with Gasteiger partial charge in [-0.05, 0) is 31.5 Å². The van der Waals surface area contributed by atoms with Crippen LogP contribution in [0.3, 0.4) is 0 Å². The Bertz CT molecular complexity index is 1000. The molecule has 34 heavy (non-hydrogen) atoms. The highest BCUT2D eigenvalue weighted by atomic mass is 19.3. The summed E-state index contributed by atoms with van der Waals surface area (Å²) in [5.41, 5.74) is 0.958. The average Bonchev–Trinajstić information content (AvgIpc) is 3.14. The first kappa shape index (κ1) is 24.3. The van der Waals surface area contributed by atoms with Crippen LogP contribution in [0.4, 0.5) is 8.78 Å². The number of ether oxygens (including phenoxy) is 3. The van der Waals surface area contributed by atoms with Gasteiger partial charge in [0.2, 0.25) is 5.91 Å². The van der Waals surface area contributed by atoms with Crippen LogP contribution in [0.2, 0.25) is 0 Å². The quantitative estimate of drug-likeness (QED) is 0.649. The summed E-state index contributed by atoms with van der Waals surface area (Å²) in [6, 6.07) is 14.4. The standard InChI is InChI=1S/C25H28F2N2O5/c1-25(2)33-20-18(23(30)28-3)29(14-15-10-6-4-7-11-15)17(22(26)27)19(21(20)34-25)32-24(31)16-12-8-5-9-13-16/h4-13,17-22H,14H2,1-3H3,(H,28,30)/t17-,18-,19+,20+,21-/m0/s1. The molecule has 2 aliphatic heterocycles. The number of carbonyl (C=O) groups excluding carboxylic acids is 2. The normalized spacial score (nSPS) is 28.4. The first-order valence-electron chi connectivity index (χ1n) is 11.1. The van der Waals surface area contributed by atoms with Crippen LogP contribution in [0.1, 0.15) is 29.8 Å². The monoisotopic (exact) mass is 474 g/mol. The molecule has 0 saturated carbocycles. The van der Waals surface area contributed by atoms with Gasteiger partial charge in [0, 0.05) is 13.6 Å². The molecule has 4 rings (SSSR count). The summed E-state index contributed by atoms with van der Waals surface area (Å²) < 4.78 is 47.1. The second-order valence-corrected chi connectivity index (χ2v) is 8.84. The van der Waals surface area contributed by atoms with Gasteiger partial charge in [-0.2, -0.15) is 0 Å². The second-order valence-electron chi connectivity index (χ2n) is 8.84. The summed E-state index contributed by atoms with van der Waals surface area (Å²) in [6.07, 6.45) is -6.29. The van der Waals surface area contributed by atoms with Crippen molar-refractivity contribution < 1.29 is 32.6 Å². The van der Waals surface area contributed by atoms with Gasteiger partial charge in [0.05, 0.1) is 5.56 Å². The van der Waals surface area contributed by atoms with E-state index in [1.807, 2.05) is 6.07 Å². The first-order chi connectivity index (χ1) is 16.2. The Morgan fingerprint density at radius 1 is 1.03 bits per heavy atom. The molecular formula is C25H28F2N2O5. The molecule has 0 aromatic heterocycles. The van der Waals surface area contributed by atoms with Gasteiger partial charge in [0.15, 0.2) is 11.9 Å². The third-order valence-corrected chi connectivity index (χ3v) is 6.11. The number of fused-ring (bicyclic) bond motifs is 1. The number of piperidine rings is 1. The van der Waals surface area contributed by atoms with Gasteiger partial charge >= 0.3 is 5.97 Å². The number of hydrogen-bond acceptors (Lipinski definition) is 6. The molecule has 182 valence electrons. The number of rotatable bonds is 6. The van der Waals surface area contributed by atoms with Crippen molar-refractivity contribution in [3.05, 3.63) is 71.8 Å². The molecule has 0 radical (unpaired) electrons. The SMILES string of the molecule is CNC(=O)[C@@H]1[C@H]2OC(C)(C)O[C@H]2[C@H](OC(=O)c2ccccc2)[C@@H](C(F)F)N1Cc1ccccc1. The summed E-state index contributed by atoms with van der Waals surface area (Å²) >= 11 is 0. The topological polar surface area (TPSA) is 77.1 Å². The van der Waals surface area contributed by atoms with E-state index in [9.17, 15) is 18.4 Å². The van der Waals surface area contributed by atoms with Crippen LogP contribution in [0.25, 0.3) is 0 Å². The molecule has 7 nitrogen and oxygen atoms in total. The van der Waals surface area contributed by atoms with E-state index in [1.54, 1.807) is 68.4 Å². The summed E-state index contributed by atoms with van der Waals surface area (Å²) in [7, 11) is 1.44. The Hall–Kier alpha value is -2.88. The molecule has 0 spiro atoms. The molecule has 1 N–H and O–H groups in total. The fourth-order valence-corrected chi connectivity index (χ4v) is 4.71. The molecule has 0 unspecified atom stereocenters. The van der Waals surface area contributed by atoms with E-state index >= 15 is 0 Å². The zero-order valence-corrected chi connectivity index (χ0v) is 19.2. The Morgan fingerprint density at radius 2 is 1.62 bits per heavy atom. The summed E-state index contributed by atoms with van der Waals surface area (Å²) in [5, 5.41) is 2.56. The zero-order chi connectivity index (χ0) is 24.5. The molecule has 1 amide bonds. The minimum Gasteiger partial charge on any atom is -0.454 e. The van der Waals surface area contributed by atoms with Gasteiger partial charge in [-0.3, -0.25) is 9.69 Å².